The first-order valence-electron chi connectivity index (χ1n) is 8.01. The maximum atomic E-state index is 14.4. The van der Waals surface area contributed by atoms with E-state index in [0.29, 0.717) is 24.3 Å². The van der Waals surface area contributed by atoms with E-state index < -0.39 is 15.8 Å². The van der Waals surface area contributed by atoms with Crippen molar-refractivity contribution in [3.8, 4) is 0 Å². The van der Waals surface area contributed by atoms with Crippen molar-refractivity contribution in [2.75, 3.05) is 31.1 Å². The number of fused-ring (bicyclic) bond motifs is 1. The third-order valence-electron chi connectivity index (χ3n) is 4.36. The number of aromatic nitrogens is 2. The molecular formula is C17H17FN4O2S. The molecule has 130 valence electrons. The SMILES string of the molecule is O=S(=O)(c1ccccc1)c1c[nH]c2c(F)nc(N3CCNCC3)cc12. The van der Waals surface area contributed by atoms with Gasteiger partial charge in [-0.05, 0) is 18.2 Å². The highest BCUT2D eigenvalue weighted by atomic mass is 32.2. The van der Waals surface area contributed by atoms with Crippen LogP contribution in [0.3, 0.4) is 0 Å². The van der Waals surface area contributed by atoms with Gasteiger partial charge >= 0.3 is 0 Å². The highest BCUT2D eigenvalue weighted by molar-refractivity contribution is 7.91. The van der Waals surface area contributed by atoms with E-state index >= 15 is 0 Å². The van der Waals surface area contributed by atoms with Crippen LogP contribution in [0.25, 0.3) is 10.9 Å². The number of H-pyrrole nitrogens is 1. The fourth-order valence-electron chi connectivity index (χ4n) is 3.05. The maximum absolute atomic E-state index is 14.4. The maximum Gasteiger partial charge on any atom is 0.239 e. The van der Waals surface area contributed by atoms with Crippen molar-refractivity contribution in [1.82, 2.24) is 15.3 Å². The van der Waals surface area contributed by atoms with Crippen molar-refractivity contribution in [2.24, 2.45) is 0 Å². The smallest absolute Gasteiger partial charge is 0.239 e. The molecular weight excluding hydrogens is 343 g/mol. The summed E-state index contributed by atoms with van der Waals surface area (Å²) >= 11 is 0. The molecule has 0 amide bonds. The van der Waals surface area contributed by atoms with Crippen LogP contribution in [0.1, 0.15) is 0 Å². The fourth-order valence-corrected chi connectivity index (χ4v) is 4.49. The molecule has 0 bridgehead atoms. The quantitative estimate of drug-likeness (QED) is 0.698. The van der Waals surface area contributed by atoms with Gasteiger partial charge in [0, 0.05) is 37.8 Å². The molecule has 1 aliphatic heterocycles. The number of sulfone groups is 1. The number of piperazine rings is 1. The molecule has 0 unspecified atom stereocenters. The summed E-state index contributed by atoms with van der Waals surface area (Å²) < 4.78 is 40.3. The molecule has 0 saturated carbocycles. The summed E-state index contributed by atoms with van der Waals surface area (Å²) in [6.45, 7) is 2.96. The number of rotatable bonds is 3. The van der Waals surface area contributed by atoms with Gasteiger partial charge in [0.2, 0.25) is 15.8 Å². The van der Waals surface area contributed by atoms with E-state index in [1.165, 1.54) is 18.3 Å². The lowest BCUT2D eigenvalue weighted by atomic mass is 10.2. The second-order valence-electron chi connectivity index (χ2n) is 5.90. The van der Waals surface area contributed by atoms with Gasteiger partial charge in [0.05, 0.1) is 9.79 Å². The van der Waals surface area contributed by atoms with Crippen LogP contribution < -0.4 is 10.2 Å². The molecule has 4 rings (SSSR count). The number of hydrogen-bond donors (Lipinski definition) is 2. The molecule has 0 atom stereocenters. The second kappa shape index (κ2) is 6.12. The van der Waals surface area contributed by atoms with Crippen molar-refractivity contribution >= 4 is 26.6 Å². The molecule has 1 aromatic carbocycles. The van der Waals surface area contributed by atoms with E-state index in [1.54, 1.807) is 24.3 Å². The van der Waals surface area contributed by atoms with Crippen LogP contribution in [0.5, 0.6) is 0 Å². The first-order chi connectivity index (χ1) is 12.1. The molecule has 2 aromatic heterocycles. The molecule has 6 nitrogen and oxygen atoms in total. The minimum atomic E-state index is -3.74. The van der Waals surface area contributed by atoms with Gasteiger partial charge in [-0.15, -0.1) is 0 Å². The zero-order valence-electron chi connectivity index (χ0n) is 13.4. The minimum Gasteiger partial charge on any atom is -0.356 e. The van der Waals surface area contributed by atoms with Crippen molar-refractivity contribution in [3.63, 3.8) is 0 Å². The molecule has 3 heterocycles. The summed E-state index contributed by atoms with van der Waals surface area (Å²) in [7, 11) is -3.74. The van der Waals surface area contributed by atoms with Gasteiger partial charge in [-0.3, -0.25) is 0 Å². The molecule has 25 heavy (non-hydrogen) atoms. The lowest BCUT2D eigenvalue weighted by Gasteiger charge is -2.28. The van der Waals surface area contributed by atoms with Crippen LogP contribution >= 0.6 is 0 Å². The van der Waals surface area contributed by atoms with Crippen molar-refractivity contribution in [3.05, 3.63) is 48.5 Å². The summed E-state index contributed by atoms with van der Waals surface area (Å²) in [6, 6.07) is 9.79. The van der Waals surface area contributed by atoms with Crippen molar-refractivity contribution in [2.45, 2.75) is 9.79 Å². The summed E-state index contributed by atoms with van der Waals surface area (Å²) in [6.07, 6.45) is 1.33. The monoisotopic (exact) mass is 360 g/mol. The van der Waals surface area contributed by atoms with Gasteiger partial charge in [0.25, 0.3) is 0 Å². The lowest BCUT2D eigenvalue weighted by Crippen LogP contribution is -2.43. The number of anilines is 1. The van der Waals surface area contributed by atoms with Crippen LogP contribution in [0.2, 0.25) is 0 Å². The largest absolute Gasteiger partial charge is 0.356 e. The Hall–Kier alpha value is -2.45. The number of nitrogens with zero attached hydrogens (tertiary/aromatic N) is 2. The molecule has 1 saturated heterocycles. The number of benzene rings is 1. The topological polar surface area (TPSA) is 78.1 Å². The van der Waals surface area contributed by atoms with Crippen LogP contribution in [0.4, 0.5) is 10.2 Å². The summed E-state index contributed by atoms with van der Waals surface area (Å²) in [5.74, 6) is -0.240. The Kier molecular flexibility index (Phi) is 3.93. The Morgan fingerprint density at radius 2 is 1.84 bits per heavy atom. The Bertz CT molecular complexity index is 1010. The van der Waals surface area contributed by atoms with E-state index in [0.717, 1.165) is 13.1 Å². The molecule has 0 spiro atoms. The second-order valence-corrected chi connectivity index (χ2v) is 7.82. The number of aromatic amines is 1. The van der Waals surface area contributed by atoms with Crippen LogP contribution in [-0.4, -0.2) is 44.6 Å². The Labute approximate surface area is 144 Å². The van der Waals surface area contributed by atoms with Crippen molar-refractivity contribution in [1.29, 1.82) is 0 Å². The van der Waals surface area contributed by atoms with E-state index in [1.807, 2.05) is 4.90 Å². The highest BCUT2D eigenvalue weighted by Gasteiger charge is 2.24. The third kappa shape index (κ3) is 2.77. The predicted octanol–water partition coefficient (Wildman–Crippen LogP) is 1.94. The Balaban J connectivity index is 1.87. The van der Waals surface area contributed by atoms with Crippen molar-refractivity contribution < 1.29 is 12.8 Å². The molecule has 0 aliphatic carbocycles. The number of pyridine rings is 1. The fraction of sp³-hybridized carbons (Fsp3) is 0.235. The van der Waals surface area contributed by atoms with Crippen LogP contribution in [-0.2, 0) is 9.84 Å². The normalized spacial score (nSPS) is 15.6. The summed E-state index contributed by atoms with van der Waals surface area (Å²) in [4.78, 5) is 8.90. The van der Waals surface area contributed by atoms with E-state index in [4.69, 9.17) is 0 Å². The zero-order chi connectivity index (χ0) is 17.4. The van der Waals surface area contributed by atoms with Gasteiger partial charge in [-0.2, -0.15) is 4.39 Å². The van der Waals surface area contributed by atoms with Crippen LogP contribution in [0.15, 0.2) is 52.4 Å². The van der Waals surface area contributed by atoms with Gasteiger partial charge in [-0.25, -0.2) is 13.4 Å². The molecule has 1 fully saturated rings. The van der Waals surface area contributed by atoms with Gasteiger partial charge in [0.15, 0.2) is 0 Å². The van der Waals surface area contributed by atoms with E-state index in [2.05, 4.69) is 15.3 Å². The van der Waals surface area contributed by atoms with Gasteiger partial charge in [-0.1, -0.05) is 18.2 Å². The summed E-state index contributed by atoms with van der Waals surface area (Å²) in [5.41, 5.74) is 0.105. The van der Waals surface area contributed by atoms with Gasteiger partial charge < -0.3 is 15.2 Å². The molecule has 3 aromatic rings. The third-order valence-corrected chi connectivity index (χ3v) is 6.17. The number of halogens is 1. The number of nitrogens with one attached hydrogen (secondary N) is 2. The predicted molar refractivity (Wildman–Crippen MR) is 93.0 cm³/mol. The summed E-state index contributed by atoms with van der Waals surface area (Å²) in [5, 5.41) is 3.55. The van der Waals surface area contributed by atoms with Gasteiger partial charge in [0.1, 0.15) is 11.3 Å². The minimum absolute atomic E-state index is 0.0615. The highest BCUT2D eigenvalue weighted by Crippen LogP contribution is 2.31. The zero-order valence-corrected chi connectivity index (χ0v) is 14.2. The average Bonchev–Trinajstić information content (AvgIpc) is 3.08. The first kappa shape index (κ1) is 16.0. The number of hydrogen-bond acceptors (Lipinski definition) is 5. The Morgan fingerprint density at radius 1 is 1.12 bits per heavy atom. The van der Waals surface area contributed by atoms with E-state index in [-0.39, 0.29) is 15.3 Å². The molecule has 1 aliphatic rings. The molecule has 0 radical (unpaired) electrons. The molecule has 2 N–H and O–H groups in total. The molecule has 8 heteroatoms. The Morgan fingerprint density at radius 3 is 2.56 bits per heavy atom. The standard InChI is InChI=1S/C17H17FN4O2S/c18-17-16-13(10-15(21-17)22-8-6-19-7-9-22)14(11-20-16)25(23,24)12-4-2-1-3-5-12/h1-5,10-11,19-20H,6-9H2. The van der Waals surface area contributed by atoms with Crippen LogP contribution in [0, 0.1) is 5.95 Å². The average molecular weight is 360 g/mol. The first-order valence-corrected chi connectivity index (χ1v) is 9.49. The van der Waals surface area contributed by atoms with E-state index in [9.17, 15) is 12.8 Å². The lowest BCUT2D eigenvalue weighted by molar-refractivity contribution is 0.566.